The Bertz CT molecular complexity index is 575. The molecule has 1 heterocycles. The van der Waals surface area contributed by atoms with Crippen molar-refractivity contribution in [2.75, 3.05) is 7.11 Å². The fourth-order valence-corrected chi connectivity index (χ4v) is 2.21. The maximum absolute atomic E-state index is 6.01. The minimum absolute atomic E-state index is 0.588. The number of rotatable bonds is 3. The Labute approximate surface area is 119 Å². The van der Waals surface area contributed by atoms with E-state index in [2.05, 4.69) is 25.9 Å². The van der Waals surface area contributed by atoms with E-state index < -0.39 is 0 Å². The molecule has 0 aliphatic heterocycles. The zero-order valence-corrected chi connectivity index (χ0v) is 12.4. The van der Waals surface area contributed by atoms with Crippen molar-refractivity contribution in [2.24, 2.45) is 0 Å². The van der Waals surface area contributed by atoms with Crippen LogP contribution in [0.3, 0.4) is 0 Å². The summed E-state index contributed by atoms with van der Waals surface area (Å²) in [5.74, 6) is 1.44. The standard InChI is InChI=1S/C13H12BrClN2O/c1-3-13-16-10(7-12(14)17-13)8-4-5-9(15)11(6-8)18-2/h4-7H,3H2,1-2H3. The first-order valence-corrected chi connectivity index (χ1v) is 6.68. The van der Waals surface area contributed by atoms with E-state index in [1.807, 2.05) is 25.1 Å². The smallest absolute Gasteiger partial charge is 0.138 e. The maximum atomic E-state index is 6.01. The number of hydrogen-bond acceptors (Lipinski definition) is 3. The molecule has 1 aromatic heterocycles. The normalized spacial score (nSPS) is 10.4. The first-order valence-electron chi connectivity index (χ1n) is 5.51. The molecule has 0 aliphatic rings. The summed E-state index contributed by atoms with van der Waals surface area (Å²) in [5, 5.41) is 0.588. The van der Waals surface area contributed by atoms with E-state index in [1.165, 1.54) is 0 Å². The van der Waals surface area contributed by atoms with Gasteiger partial charge in [-0.05, 0) is 34.1 Å². The SMILES string of the molecule is CCc1nc(Br)cc(-c2ccc(Cl)c(OC)c2)n1. The molecule has 0 unspecified atom stereocenters. The molecule has 0 saturated heterocycles. The van der Waals surface area contributed by atoms with Crippen LogP contribution in [0.5, 0.6) is 5.75 Å². The lowest BCUT2D eigenvalue weighted by atomic mass is 10.1. The van der Waals surface area contributed by atoms with Gasteiger partial charge in [-0.2, -0.15) is 0 Å². The van der Waals surface area contributed by atoms with Crippen molar-refractivity contribution in [3.05, 3.63) is 39.7 Å². The minimum Gasteiger partial charge on any atom is -0.495 e. The number of nitrogens with zero attached hydrogens (tertiary/aromatic N) is 2. The van der Waals surface area contributed by atoms with E-state index in [9.17, 15) is 0 Å². The van der Waals surface area contributed by atoms with Gasteiger partial charge in [-0.25, -0.2) is 9.97 Å². The number of ether oxygens (including phenoxy) is 1. The molecule has 0 saturated carbocycles. The Morgan fingerprint density at radius 3 is 2.72 bits per heavy atom. The van der Waals surface area contributed by atoms with Gasteiger partial charge >= 0.3 is 0 Å². The fourth-order valence-electron chi connectivity index (χ4n) is 1.59. The van der Waals surface area contributed by atoms with Gasteiger partial charge in [-0.1, -0.05) is 24.6 Å². The molecular weight excluding hydrogens is 316 g/mol. The minimum atomic E-state index is 0.588. The maximum Gasteiger partial charge on any atom is 0.138 e. The summed E-state index contributed by atoms with van der Waals surface area (Å²) in [4.78, 5) is 8.77. The quantitative estimate of drug-likeness (QED) is 0.795. The average Bonchev–Trinajstić information content (AvgIpc) is 2.38. The Balaban J connectivity index is 2.51. The van der Waals surface area contributed by atoms with Gasteiger partial charge in [0.2, 0.25) is 0 Å². The van der Waals surface area contributed by atoms with Gasteiger partial charge in [0.05, 0.1) is 17.8 Å². The summed E-state index contributed by atoms with van der Waals surface area (Å²) in [6.07, 6.45) is 0.789. The number of aryl methyl sites for hydroxylation is 1. The predicted octanol–water partition coefficient (Wildman–Crippen LogP) is 4.13. The zero-order chi connectivity index (χ0) is 13.1. The molecule has 3 nitrogen and oxygen atoms in total. The summed E-state index contributed by atoms with van der Waals surface area (Å²) >= 11 is 9.40. The van der Waals surface area contributed by atoms with Gasteiger partial charge in [-0.3, -0.25) is 0 Å². The third-order valence-corrected chi connectivity index (χ3v) is 3.22. The van der Waals surface area contributed by atoms with Crippen LogP contribution in [0.1, 0.15) is 12.7 Å². The molecule has 5 heteroatoms. The van der Waals surface area contributed by atoms with E-state index in [-0.39, 0.29) is 0 Å². The highest BCUT2D eigenvalue weighted by Crippen LogP contribution is 2.30. The van der Waals surface area contributed by atoms with E-state index in [0.29, 0.717) is 10.8 Å². The molecule has 0 aliphatic carbocycles. The van der Waals surface area contributed by atoms with Gasteiger partial charge in [0.15, 0.2) is 0 Å². The molecule has 0 N–H and O–H groups in total. The van der Waals surface area contributed by atoms with E-state index in [1.54, 1.807) is 13.2 Å². The number of benzene rings is 1. The van der Waals surface area contributed by atoms with Gasteiger partial charge in [0.1, 0.15) is 16.2 Å². The summed E-state index contributed by atoms with van der Waals surface area (Å²) in [7, 11) is 1.60. The summed E-state index contributed by atoms with van der Waals surface area (Å²) < 4.78 is 5.98. The van der Waals surface area contributed by atoms with Crippen molar-refractivity contribution in [1.29, 1.82) is 0 Å². The molecule has 0 bridgehead atoms. The lowest BCUT2D eigenvalue weighted by molar-refractivity contribution is 0.415. The van der Waals surface area contributed by atoms with Crippen molar-refractivity contribution in [2.45, 2.75) is 13.3 Å². The summed E-state index contributed by atoms with van der Waals surface area (Å²) in [6.45, 7) is 2.02. The largest absolute Gasteiger partial charge is 0.495 e. The molecule has 0 fully saturated rings. The fraction of sp³-hybridized carbons (Fsp3) is 0.231. The van der Waals surface area contributed by atoms with Gasteiger partial charge < -0.3 is 4.74 Å². The number of methoxy groups -OCH3 is 1. The molecular formula is C13H12BrClN2O. The molecule has 0 spiro atoms. The first-order chi connectivity index (χ1) is 8.63. The Morgan fingerprint density at radius 1 is 1.28 bits per heavy atom. The number of aromatic nitrogens is 2. The van der Waals surface area contributed by atoms with Crippen LogP contribution >= 0.6 is 27.5 Å². The van der Waals surface area contributed by atoms with Crippen LogP contribution in [0.25, 0.3) is 11.3 Å². The molecule has 2 rings (SSSR count). The third-order valence-electron chi connectivity index (χ3n) is 2.50. The van der Waals surface area contributed by atoms with E-state index >= 15 is 0 Å². The Kier molecular flexibility index (Phi) is 4.19. The van der Waals surface area contributed by atoms with Crippen LogP contribution < -0.4 is 4.74 Å². The summed E-state index contributed by atoms with van der Waals surface area (Å²) in [5.41, 5.74) is 1.80. The van der Waals surface area contributed by atoms with Crippen molar-refractivity contribution in [1.82, 2.24) is 9.97 Å². The third kappa shape index (κ3) is 2.82. The van der Waals surface area contributed by atoms with Crippen molar-refractivity contribution < 1.29 is 4.74 Å². The van der Waals surface area contributed by atoms with Crippen LogP contribution in [0.4, 0.5) is 0 Å². The molecule has 0 atom stereocenters. The Hall–Kier alpha value is -1.13. The van der Waals surface area contributed by atoms with E-state index in [4.69, 9.17) is 16.3 Å². The van der Waals surface area contributed by atoms with Crippen molar-refractivity contribution in [3.63, 3.8) is 0 Å². The van der Waals surface area contributed by atoms with Crippen LogP contribution in [0, 0.1) is 0 Å². The van der Waals surface area contributed by atoms with Crippen LogP contribution in [0.2, 0.25) is 5.02 Å². The molecule has 18 heavy (non-hydrogen) atoms. The highest BCUT2D eigenvalue weighted by molar-refractivity contribution is 9.10. The van der Waals surface area contributed by atoms with Crippen LogP contribution in [-0.2, 0) is 6.42 Å². The molecule has 2 aromatic rings. The summed E-state index contributed by atoms with van der Waals surface area (Å²) in [6, 6.07) is 7.47. The lowest BCUT2D eigenvalue weighted by Crippen LogP contribution is -1.96. The van der Waals surface area contributed by atoms with Crippen molar-refractivity contribution >= 4 is 27.5 Å². The lowest BCUT2D eigenvalue weighted by Gasteiger charge is -2.07. The monoisotopic (exact) mass is 326 g/mol. The Morgan fingerprint density at radius 2 is 2.06 bits per heavy atom. The second-order valence-corrected chi connectivity index (χ2v) is 4.91. The van der Waals surface area contributed by atoms with Crippen LogP contribution in [0.15, 0.2) is 28.9 Å². The predicted molar refractivity (Wildman–Crippen MR) is 76.1 cm³/mol. The molecule has 0 amide bonds. The van der Waals surface area contributed by atoms with E-state index in [0.717, 1.165) is 28.1 Å². The molecule has 1 aromatic carbocycles. The van der Waals surface area contributed by atoms with Crippen LogP contribution in [-0.4, -0.2) is 17.1 Å². The topological polar surface area (TPSA) is 35.0 Å². The molecule has 0 radical (unpaired) electrons. The number of hydrogen-bond donors (Lipinski definition) is 0. The molecule has 94 valence electrons. The van der Waals surface area contributed by atoms with Crippen molar-refractivity contribution in [3.8, 4) is 17.0 Å². The van der Waals surface area contributed by atoms with Gasteiger partial charge in [-0.15, -0.1) is 0 Å². The zero-order valence-electron chi connectivity index (χ0n) is 10.1. The second kappa shape index (κ2) is 5.67. The van der Waals surface area contributed by atoms with Gasteiger partial charge in [0.25, 0.3) is 0 Å². The highest BCUT2D eigenvalue weighted by Gasteiger charge is 2.07. The van der Waals surface area contributed by atoms with Gasteiger partial charge in [0, 0.05) is 12.0 Å². The first kappa shape index (κ1) is 13.3. The average molecular weight is 328 g/mol. The second-order valence-electron chi connectivity index (χ2n) is 3.70. The number of halogens is 2. The highest BCUT2D eigenvalue weighted by atomic mass is 79.9.